The van der Waals surface area contributed by atoms with E-state index in [1.54, 1.807) is 12.1 Å². The fourth-order valence-electron chi connectivity index (χ4n) is 1.97. The number of halogens is 2. The molecular formula is C15H21F2N. The lowest BCUT2D eigenvalue weighted by Gasteiger charge is -2.19. The van der Waals surface area contributed by atoms with Crippen molar-refractivity contribution in [3.8, 4) is 0 Å². The molecule has 1 rings (SSSR count). The van der Waals surface area contributed by atoms with Crippen molar-refractivity contribution in [1.29, 1.82) is 0 Å². The average Bonchev–Trinajstić information content (AvgIpc) is 2.35. The smallest absolute Gasteiger partial charge is 0.162 e. The van der Waals surface area contributed by atoms with Gasteiger partial charge in [0.15, 0.2) is 11.6 Å². The Bertz CT molecular complexity index is 401. The minimum Gasteiger partial charge on any atom is -0.314 e. The van der Waals surface area contributed by atoms with E-state index in [2.05, 4.69) is 11.9 Å². The number of hydrogen-bond donors (Lipinski definition) is 1. The van der Waals surface area contributed by atoms with Crippen molar-refractivity contribution in [1.82, 2.24) is 5.32 Å². The predicted octanol–water partition coefficient (Wildman–Crippen LogP) is 3.84. The van der Waals surface area contributed by atoms with Gasteiger partial charge in [0.05, 0.1) is 0 Å². The Kier molecular flexibility index (Phi) is 5.99. The molecule has 0 fully saturated rings. The van der Waals surface area contributed by atoms with Gasteiger partial charge in [-0.15, -0.1) is 0 Å². The summed E-state index contributed by atoms with van der Waals surface area (Å²) in [4.78, 5) is 0. The summed E-state index contributed by atoms with van der Waals surface area (Å²) in [5.74, 6) is -1.51. The maximum atomic E-state index is 13.6. The first-order valence-corrected chi connectivity index (χ1v) is 6.41. The molecule has 1 nitrogen and oxygen atoms in total. The van der Waals surface area contributed by atoms with Crippen molar-refractivity contribution in [2.75, 3.05) is 6.54 Å². The van der Waals surface area contributed by atoms with Gasteiger partial charge in [0.25, 0.3) is 0 Å². The van der Waals surface area contributed by atoms with Crippen LogP contribution in [-0.4, -0.2) is 12.6 Å². The highest BCUT2D eigenvalue weighted by Gasteiger charge is 2.14. The van der Waals surface area contributed by atoms with Crippen LogP contribution in [0.25, 0.3) is 0 Å². The van der Waals surface area contributed by atoms with Crippen LogP contribution in [0.2, 0.25) is 0 Å². The second-order valence-corrected chi connectivity index (χ2v) is 4.48. The monoisotopic (exact) mass is 253 g/mol. The molecule has 0 aliphatic carbocycles. The third-order valence-electron chi connectivity index (χ3n) is 3.03. The number of nitrogens with one attached hydrogen (secondary N) is 1. The minimum absolute atomic E-state index is 0.110. The van der Waals surface area contributed by atoms with Crippen LogP contribution in [0.4, 0.5) is 8.78 Å². The Balaban J connectivity index is 2.76. The Hall–Kier alpha value is -1.22. The Morgan fingerprint density at radius 1 is 1.33 bits per heavy atom. The largest absolute Gasteiger partial charge is 0.314 e. The first-order valence-electron chi connectivity index (χ1n) is 6.41. The van der Waals surface area contributed by atoms with Gasteiger partial charge in [0, 0.05) is 6.04 Å². The summed E-state index contributed by atoms with van der Waals surface area (Å²) in [5, 5.41) is 3.29. The van der Waals surface area contributed by atoms with Gasteiger partial charge in [-0.1, -0.05) is 38.1 Å². The summed E-state index contributed by atoms with van der Waals surface area (Å²) in [6, 6.07) is 4.44. The zero-order valence-corrected chi connectivity index (χ0v) is 11.1. The molecule has 1 unspecified atom stereocenters. The summed E-state index contributed by atoms with van der Waals surface area (Å²) in [6.07, 6.45) is 2.18. The summed E-state index contributed by atoms with van der Waals surface area (Å²) >= 11 is 0. The molecule has 0 saturated carbocycles. The molecule has 1 aromatic carbocycles. The number of benzene rings is 1. The standard InChI is InChI=1S/C15H21F2N/c1-4-11(3)9-13(18-5-2)10-12-7-6-8-14(16)15(12)17/h6-8,13,18H,3-5,9-10H2,1-2H3. The third kappa shape index (κ3) is 4.22. The first kappa shape index (κ1) is 14.8. The van der Waals surface area contributed by atoms with E-state index >= 15 is 0 Å². The molecule has 0 spiro atoms. The van der Waals surface area contributed by atoms with E-state index in [4.69, 9.17) is 0 Å². The van der Waals surface area contributed by atoms with Crippen LogP contribution in [0, 0.1) is 11.6 Å². The molecule has 0 bridgehead atoms. The van der Waals surface area contributed by atoms with Gasteiger partial charge in [-0.3, -0.25) is 0 Å². The lowest BCUT2D eigenvalue weighted by molar-refractivity contribution is 0.472. The van der Waals surface area contributed by atoms with E-state index < -0.39 is 11.6 Å². The van der Waals surface area contributed by atoms with Gasteiger partial charge in [-0.2, -0.15) is 0 Å². The van der Waals surface area contributed by atoms with E-state index in [9.17, 15) is 8.78 Å². The summed E-state index contributed by atoms with van der Waals surface area (Å²) in [5.41, 5.74) is 1.54. The van der Waals surface area contributed by atoms with Gasteiger partial charge < -0.3 is 5.32 Å². The molecule has 1 atom stereocenters. The zero-order valence-electron chi connectivity index (χ0n) is 11.1. The molecule has 0 aromatic heterocycles. The van der Waals surface area contributed by atoms with E-state index in [-0.39, 0.29) is 6.04 Å². The molecule has 100 valence electrons. The highest BCUT2D eigenvalue weighted by molar-refractivity contribution is 5.20. The highest BCUT2D eigenvalue weighted by Crippen LogP contribution is 2.16. The molecular weight excluding hydrogens is 232 g/mol. The maximum Gasteiger partial charge on any atom is 0.162 e. The first-order chi connectivity index (χ1) is 8.58. The van der Waals surface area contributed by atoms with Crippen molar-refractivity contribution in [3.05, 3.63) is 47.5 Å². The molecule has 0 radical (unpaired) electrons. The molecule has 3 heteroatoms. The van der Waals surface area contributed by atoms with E-state index in [1.807, 2.05) is 13.8 Å². The maximum absolute atomic E-state index is 13.6. The Morgan fingerprint density at radius 2 is 2.06 bits per heavy atom. The van der Waals surface area contributed by atoms with E-state index in [0.29, 0.717) is 12.0 Å². The van der Waals surface area contributed by atoms with E-state index in [0.717, 1.165) is 31.0 Å². The molecule has 0 amide bonds. The van der Waals surface area contributed by atoms with Crippen molar-refractivity contribution in [2.24, 2.45) is 0 Å². The predicted molar refractivity (Wildman–Crippen MR) is 71.6 cm³/mol. The molecule has 0 aliphatic heterocycles. The van der Waals surface area contributed by atoms with Crippen molar-refractivity contribution < 1.29 is 8.78 Å². The third-order valence-corrected chi connectivity index (χ3v) is 3.03. The van der Waals surface area contributed by atoms with Crippen LogP contribution in [0.1, 0.15) is 32.3 Å². The van der Waals surface area contributed by atoms with Crippen LogP contribution in [-0.2, 0) is 6.42 Å². The molecule has 1 N–H and O–H groups in total. The van der Waals surface area contributed by atoms with Gasteiger partial charge in [-0.05, 0) is 37.4 Å². The fraction of sp³-hybridized carbons (Fsp3) is 0.467. The lowest BCUT2D eigenvalue weighted by Crippen LogP contribution is -2.31. The molecule has 0 aliphatic rings. The highest BCUT2D eigenvalue weighted by atomic mass is 19.2. The Labute approximate surface area is 108 Å². The molecule has 1 aromatic rings. The van der Waals surface area contributed by atoms with Gasteiger partial charge >= 0.3 is 0 Å². The lowest BCUT2D eigenvalue weighted by atomic mass is 9.98. The summed E-state index contributed by atoms with van der Waals surface area (Å²) in [6.45, 7) is 8.83. The Morgan fingerprint density at radius 3 is 2.67 bits per heavy atom. The van der Waals surface area contributed by atoms with Gasteiger partial charge in [-0.25, -0.2) is 8.78 Å². The van der Waals surface area contributed by atoms with Crippen LogP contribution >= 0.6 is 0 Å². The number of likely N-dealkylation sites (N-methyl/N-ethyl adjacent to an activating group) is 1. The topological polar surface area (TPSA) is 12.0 Å². The quantitative estimate of drug-likeness (QED) is 0.728. The molecule has 0 saturated heterocycles. The normalized spacial score (nSPS) is 12.4. The minimum atomic E-state index is -0.780. The van der Waals surface area contributed by atoms with Crippen LogP contribution in [0.3, 0.4) is 0 Å². The van der Waals surface area contributed by atoms with Gasteiger partial charge in [0.1, 0.15) is 0 Å². The van der Waals surface area contributed by atoms with Crippen molar-refractivity contribution >= 4 is 0 Å². The molecule has 18 heavy (non-hydrogen) atoms. The zero-order chi connectivity index (χ0) is 13.5. The summed E-state index contributed by atoms with van der Waals surface area (Å²) in [7, 11) is 0. The SMILES string of the molecule is C=C(CC)CC(Cc1cccc(F)c1F)NCC. The number of hydrogen-bond acceptors (Lipinski definition) is 1. The van der Waals surface area contributed by atoms with Gasteiger partial charge in [0.2, 0.25) is 0 Å². The second-order valence-electron chi connectivity index (χ2n) is 4.48. The molecule has 0 heterocycles. The number of rotatable bonds is 7. The second kappa shape index (κ2) is 7.27. The summed E-state index contributed by atoms with van der Waals surface area (Å²) < 4.78 is 26.7. The van der Waals surface area contributed by atoms with Crippen molar-refractivity contribution in [3.63, 3.8) is 0 Å². The van der Waals surface area contributed by atoms with Crippen LogP contribution < -0.4 is 5.32 Å². The fourth-order valence-corrected chi connectivity index (χ4v) is 1.97. The van der Waals surface area contributed by atoms with Crippen LogP contribution in [0.15, 0.2) is 30.4 Å². The van der Waals surface area contributed by atoms with E-state index in [1.165, 1.54) is 0 Å². The van der Waals surface area contributed by atoms with Crippen LogP contribution in [0.5, 0.6) is 0 Å². The van der Waals surface area contributed by atoms with Crippen molar-refractivity contribution in [2.45, 2.75) is 39.2 Å². The average molecular weight is 253 g/mol.